The fraction of sp³-hybridized carbons (Fsp3) is 0.324. The predicted molar refractivity (Wildman–Crippen MR) is 177 cm³/mol. The number of pyridine rings is 2. The molecular formula is C37H39N5O4. The third-order valence-corrected chi connectivity index (χ3v) is 8.75. The lowest BCUT2D eigenvalue weighted by Crippen LogP contribution is -2.36. The molecule has 2 amide bonds. The van der Waals surface area contributed by atoms with Crippen molar-refractivity contribution in [3.8, 4) is 11.1 Å². The second-order valence-corrected chi connectivity index (χ2v) is 12.2. The maximum absolute atomic E-state index is 13.6. The van der Waals surface area contributed by atoms with Crippen molar-refractivity contribution in [2.75, 3.05) is 23.3 Å². The van der Waals surface area contributed by atoms with Crippen LogP contribution in [0.5, 0.6) is 0 Å². The standard InChI is InChI=1S/C37H39N5O4/c43-35(44)22-34(30-10-6-16-38-23-30)42(37(46)27-12-13-27)25-26-8-5-9-28(20-26)29-14-15-33(41-18-3-1-2-4-19-41)32(21-29)40-36(45)31-11-7-17-39-24-31/h5-11,14-17,20-21,23-24,27,34H,1-4,12-13,18-19,22,25H2,(H,40,45)(H,43,44). The van der Waals surface area contributed by atoms with Crippen LogP contribution >= 0.6 is 0 Å². The van der Waals surface area contributed by atoms with E-state index in [0.717, 1.165) is 66.8 Å². The number of carbonyl (C=O) groups is 3. The van der Waals surface area contributed by atoms with E-state index in [2.05, 4.69) is 32.3 Å². The molecule has 2 aromatic carbocycles. The fourth-order valence-electron chi connectivity index (χ4n) is 6.19. The number of nitrogens with one attached hydrogen (secondary N) is 1. The first kappa shape index (κ1) is 31.0. The van der Waals surface area contributed by atoms with Crippen LogP contribution < -0.4 is 10.2 Å². The van der Waals surface area contributed by atoms with Gasteiger partial charge in [-0.2, -0.15) is 0 Å². The van der Waals surface area contributed by atoms with Gasteiger partial charge >= 0.3 is 5.97 Å². The number of carboxylic acids is 1. The zero-order chi connectivity index (χ0) is 31.9. The summed E-state index contributed by atoms with van der Waals surface area (Å²) < 4.78 is 0. The van der Waals surface area contributed by atoms with Crippen molar-refractivity contribution in [1.29, 1.82) is 0 Å². The van der Waals surface area contributed by atoms with E-state index in [0.29, 0.717) is 11.1 Å². The van der Waals surface area contributed by atoms with Gasteiger partial charge in [-0.1, -0.05) is 43.2 Å². The van der Waals surface area contributed by atoms with Gasteiger partial charge in [-0.3, -0.25) is 24.4 Å². The Hall–Kier alpha value is -5.05. The maximum Gasteiger partial charge on any atom is 0.305 e. The Labute approximate surface area is 269 Å². The summed E-state index contributed by atoms with van der Waals surface area (Å²) in [5.41, 5.74) is 5.68. The molecule has 1 aliphatic carbocycles. The van der Waals surface area contributed by atoms with Crippen LogP contribution in [0.3, 0.4) is 0 Å². The minimum Gasteiger partial charge on any atom is -0.481 e. The molecule has 1 saturated carbocycles. The van der Waals surface area contributed by atoms with Crippen LogP contribution in [0, 0.1) is 5.92 Å². The van der Waals surface area contributed by atoms with Gasteiger partial charge in [0.1, 0.15) is 0 Å². The number of aliphatic carboxylic acids is 1. The molecule has 0 bridgehead atoms. The van der Waals surface area contributed by atoms with Crippen LogP contribution in [0.1, 0.15) is 72.5 Å². The number of nitrogens with zero attached hydrogens (tertiary/aromatic N) is 4. The highest BCUT2D eigenvalue weighted by atomic mass is 16.4. The SMILES string of the molecule is O=C(O)CC(c1cccnc1)N(Cc1cccc(-c2ccc(N3CCCCCC3)c(NC(=O)c3cccnc3)c2)c1)C(=O)C1CC1. The molecule has 6 rings (SSSR count). The quantitative estimate of drug-likeness (QED) is 0.192. The Balaban J connectivity index is 1.32. The molecular weight excluding hydrogens is 578 g/mol. The first-order chi connectivity index (χ1) is 22.5. The third-order valence-electron chi connectivity index (χ3n) is 8.75. The molecule has 0 radical (unpaired) electrons. The molecule has 1 atom stereocenters. The van der Waals surface area contributed by atoms with Crippen molar-refractivity contribution < 1.29 is 19.5 Å². The number of aromatic nitrogens is 2. The molecule has 2 aliphatic rings. The molecule has 2 fully saturated rings. The Morgan fingerprint density at radius 2 is 1.61 bits per heavy atom. The van der Waals surface area contributed by atoms with Gasteiger partial charge in [-0.15, -0.1) is 0 Å². The number of rotatable bonds is 11. The normalized spacial score (nSPS) is 15.4. The maximum atomic E-state index is 13.6. The van der Waals surface area contributed by atoms with Crippen LogP contribution in [-0.2, 0) is 16.1 Å². The van der Waals surface area contributed by atoms with Crippen LogP contribution in [0.2, 0.25) is 0 Å². The number of amides is 2. The summed E-state index contributed by atoms with van der Waals surface area (Å²) in [6.07, 6.45) is 12.5. The van der Waals surface area contributed by atoms with E-state index in [9.17, 15) is 19.5 Å². The zero-order valence-electron chi connectivity index (χ0n) is 25.8. The lowest BCUT2D eigenvalue weighted by Gasteiger charge is -2.32. The van der Waals surface area contributed by atoms with Gasteiger partial charge in [-0.25, -0.2) is 0 Å². The largest absolute Gasteiger partial charge is 0.481 e. The first-order valence-corrected chi connectivity index (χ1v) is 16.1. The molecule has 2 N–H and O–H groups in total. The van der Waals surface area contributed by atoms with E-state index in [1.54, 1.807) is 47.9 Å². The molecule has 1 unspecified atom stereocenters. The Morgan fingerprint density at radius 3 is 2.28 bits per heavy atom. The third kappa shape index (κ3) is 7.59. The molecule has 1 saturated heterocycles. The Bertz CT molecular complexity index is 1670. The summed E-state index contributed by atoms with van der Waals surface area (Å²) in [5, 5.41) is 12.9. The summed E-state index contributed by atoms with van der Waals surface area (Å²) in [4.78, 5) is 51.2. The van der Waals surface area contributed by atoms with Crippen LogP contribution in [0.15, 0.2) is 91.5 Å². The number of carbonyl (C=O) groups excluding carboxylic acids is 2. The summed E-state index contributed by atoms with van der Waals surface area (Å²) in [7, 11) is 0. The molecule has 46 heavy (non-hydrogen) atoms. The smallest absolute Gasteiger partial charge is 0.305 e. The van der Waals surface area contributed by atoms with Crippen molar-refractivity contribution >= 4 is 29.2 Å². The molecule has 9 nitrogen and oxygen atoms in total. The number of hydrogen-bond acceptors (Lipinski definition) is 6. The van der Waals surface area contributed by atoms with E-state index in [1.807, 2.05) is 36.4 Å². The molecule has 236 valence electrons. The predicted octanol–water partition coefficient (Wildman–Crippen LogP) is 6.73. The average Bonchev–Trinajstić information content (AvgIpc) is 3.95. The first-order valence-electron chi connectivity index (χ1n) is 16.1. The molecule has 3 heterocycles. The second kappa shape index (κ2) is 14.4. The lowest BCUT2D eigenvalue weighted by atomic mass is 9.99. The fourth-order valence-corrected chi connectivity index (χ4v) is 6.19. The highest BCUT2D eigenvalue weighted by molar-refractivity contribution is 6.06. The van der Waals surface area contributed by atoms with Gasteiger partial charge in [-0.05, 0) is 84.3 Å². The average molecular weight is 618 g/mol. The van der Waals surface area contributed by atoms with Crippen molar-refractivity contribution in [2.24, 2.45) is 5.92 Å². The molecule has 1 aliphatic heterocycles. The van der Waals surface area contributed by atoms with E-state index < -0.39 is 12.0 Å². The Kier molecular flexibility index (Phi) is 9.67. The summed E-state index contributed by atoms with van der Waals surface area (Å²) in [6, 6.07) is 20.6. The topological polar surface area (TPSA) is 116 Å². The monoisotopic (exact) mass is 617 g/mol. The number of carboxylic acid groups (broad SMARTS) is 1. The van der Waals surface area contributed by atoms with E-state index in [4.69, 9.17) is 0 Å². The Morgan fingerprint density at radius 1 is 0.870 bits per heavy atom. The highest BCUT2D eigenvalue weighted by Crippen LogP contribution is 2.37. The number of benzene rings is 2. The van der Waals surface area contributed by atoms with E-state index in [-0.39, 0.29) is 30.7 Å². The molecule has 9 heteroatoms. The van der Waals surface area contributed by atoms with E-state index in [1.165, 1.54) is 12.8 Å². The summed E-state index contributed by atoms with van der Waals surface area (Å²) >= 11 is 0. The van der Waals surface area contributed by atoms with Crippen LogP contribution in [0.4, 0.5) is 11.4 Å². The molecule has 0 spiro atoms. The van der Waals surface area contributed by atoms with Crippen LogP contribution in [0.25, 0.3) is 11.1 Å². The van der Waals surface area contributed by atoms with Gasteiger partial charge < -0.3 is 20.2 Å². The van der Waals surface area contributed by atoms with Gasteiger partial charge in [0.2, 0.25) is 5.91 Å². The highest BCUT2D eigenvalue weighted by Gasteiger charge is 2.37. The second-order valence-electron chi connectivity index (χ2n) is 12.2. The lowest BCUT2D eigenvalue weighted by molar-refractivity contribution is -0.142. The van der Waals surface area contributed by atoms with Crippen molar-refractivity contribution in [2.45, 2.75) is 57.5 Å². The van der Waals surface area contributed by atoms with Crippen LogP contribution in [-0.4, -0.2) is 50.8 Å². The van der Waals surface area contributed by atoms with Gasteiger partial charge in [0.05, 0.1) is 29.4 Å². The summed E-state index contributed by atoms with van der Waals surface area (Å²) in [6.45, 7) is 2.14. The van der Waals surface area contributed by atoms with Crippen molar-refractivity contribution in [1.82, 2.24) is 14.9 Å². The minimum absolute atomic E-state index is 0.0253. The van der Waals surface area contributed by atoms with E-state index >= 15 is 0 Å². The van der Waals surface area contributed by atoms with Crippen molar-refractivity contribution in [3.05, 3.63) is 108 Å². The number of hydrogen-bond donors (Lipinski definition) is 2. The molecule has 4 aromatic rings. The summed E-state index contributed by atoms with van der Waals surface area (Å²) in [5.74, 6) is -1.29. The van der Waals surface area contributed by atoms with Gasteiger partial charge in [0, 0.05) is 50.3 Å². The van der Waals surface area contributed by atoms with Gasteiger partial charge in [0.25, 0.3) is 5.91 Å². The van der Waals surface area contributed by atoms with Gasteiger partial charge in [0.15, 0.2) is 0 Å². The molecule has 2 aromatic heterocycles. The van der Waals surface area contributed by atoms with Crippen molar-refractivity contribution in [3.63, 3.8) is 0 Å². The minimum atomic E-state index is -0.971. The number of anilines is 2. The zero-order valence-corrected chi connectivity index (χ0v) is 25.8.